The van der Waals surface area contributed by atoms with Crippen LogP contribution < -0.4 is 10.5 Å². The van der Waals surface area contributed by atoms with E-state index in [0.29, 0.717) is 18.0 Å². The molecule has 1 heterocycles. The van der Waals surface area contributed by atoms with Crippen molar-refractivity contribution >= 4 is 15.7 Å². The van der Waals surface area contributed by atoms with Crippen molar-refractivity contribution in [3.8, 4) is 5.75 Å². The van der Waals surface area contributed by atoms with Gasteiger partial charge in [-0.2, -0.15) is 0 Å². The van der Waals surface area contributed by atoms with E-state index in [1.807, 2.05) is 0 Å². The third kappa shape index (κ3) is 3.87. The van der Waals surface area contributed by atoms with Crippen LogP contribution in [0.1, 0.15) is 12.8 Å². The highest BCUT2D eigenvalue weighted by Gasteiger charge is 2.18. The Morgan fingerprint density at radius 1 is 1.29 bits per heavy atom. The zero-order valence-electron chi connectivity index (χ0n) is 12.6. The number of likely N-dealkylation sites (tertiary alicyclic amines) is 1. The number of nitrogens with zero attached hydrogens (tertiary/aromatic N) is 2. The fourth-order valence-corrected chi connectivity index (χ4v) is 3.26. The van der Waals surface area contributed by atoms with Crippen LogP contribution in [-0.2, 0) is 10.0 Å². The molecule has 21 heavy (non-hydrogen) atoms. The molecule has 0 radical (unpaired) electrons. The van der Waals surface area contributed by atoms with Gasteiger partial charge < -0.3 is 10.5 Å². The largest absolute Gasteiger partial charge is 0.490 e. The Balaban J connectivity index is 1.99. The van der Waals surface area contributed by atoms with Crippen molar-refractivity contribution in [1.82, 2.24) is 9.21 Å². The highest BCUT2D eigenvalue weighted by atomic mass is 32.2. The molecule has 118 valence electrons. The Morgan fingerprint density at radius 3 is 2.52 bits per heavy atom. The van der Waals surface area contributed by atoms with E-state index in [1.165, 1.54) is 39.1 Å². The second-order valence-corrected chi connectivity index (χ2v) is 7.54. The molecule has 1 aliphatic heterocycles. The van der Waals surface area contributed by atoms with Crippen LogP contribution in [0.4, 0.5) is 5.69 Å². The van der Waals surface area contributed by atoms with Crippen LogP contribution in [-0.4, -0.2) is 58.0 Å². The number of benzene rings is 1. The average Bonchev–Trinajstić information content (AvgIpc) is 2.93. The number of nitrogen functional groups attached to an aromatic ring is 1. The molecule has 2 rings (SSSR count). The van der Waals surface area contributed by atoms with E-state index in [9.17, 15) is 8.42 Å². The monoisotopic (exact) mass is 313 g/mol. The Bertz CT molecular complexity index is 581. The van der Waals surface area contributed by atoms with Crippen molar-refractivity contribution in [3.63, 3.8) is 0 Å². The minimum absolute atomic E-state index is 0.178. The van der Waals surface area contributed by atoms with Gasteiger partial charge in [0.1, 0.15) is 12.4 Å². The number of rotatable bonds is 6. The molecule has 0 unspecified atom stereocenters. The Labute approximate surface area is 126 Å². The summed E-state index contributed by atoms with van der Waals surface area (Å²) in [6.45, 7) is 3.68. The summed E-state index contributed by atoms with van der Waals surface area (Å²) < 4.78 is 30.8. The topological polar surface area (TPSA) is 75.9 Å². The van der Waals surface area contributed by atoms with Crippen LogP contribution in [0.15, 0.2) is 23.1 Å². The van der Waals surface area contributed by atoms with Gasteiger partial charge in [0.05, 0.1) is 10.6 Å². The molecule has 0 amide bonds. The van der Waals surface area contributed by atoms with Gasteiger partial charge in [0, 0.05) is 20.6 Å². The maximum Gasteiger partial charge on any atom is 0.242 e. The molecule has 2 N–H and O–H groups in total. The predicted octanol–water partition coefficient (Wildman–Crippen LogP) is 0.994. The summed E-state index contributed by atoms with van der Waals surface area (Å²) in [7, 11) is -0.476. The lowest BCUT2D eigenvalue weighted by Crippen LogP contribution is -2.25. The van der Waals surface area contributed by atoms with Crippen LogP contribution >= 0.6 is 0 Å². The molecule has 1 aliphatic rings. The zero-order valence-corrected chi connectivity index (χ0v) is 13.4. The first-order valence-electron chi connectivity index (χ1n) is 7.08. The number of nitrogens with two attached hydrogens (primary N) is 1. The van der Waals surface area contributed by atoms with E-state index in [4.69, 9.17) is 10.5 Å². The molecule has 0 saturated carbocycles. The van der Waals surface area contributed by atoms with E-state index < -0.39 is 10.0 Å². The summed E-state index contributed by atoms with van der Waals surface area (Å²) in [4.78, 5) is 2.53. The molecule has 1 fully saturated rings. The van der Waals surface area contributed by atoms with Crippen LogP contribution in [0.25, 0.3) is 0 Å². The van der Waals surface area contributed by atoms with Gasteiger partial charge in [-0.25, -0.2) is 12.7 Å². The number of anilines is 1. The summed E-state index contributed by atoms with van der Waals surface area (Å²) in [6.07, 6.45) is 2.50. The second-order valence-electron chi connectivity index (χ2n) is 5.38. The van der Waals surface area contributed by atoms with E-state index >= 15 is 0 Å². The quantitative estimate of drug-likeness (QED) is 0.793. The van der Waals surface area contributed by atoms with Crippen molar-refractivity contribution in [2.45, 2.75) is 17.7 Å². The lowest BCUT2D eigenvalue weighted by molar-refractivity contribution is 0.238. The van der Waals surface area contributed by atoms with E-state index in [0.717, 1.165) is 23.9 Å². The maximum absolute atomic E-state index is 12.0. The maximum atomic E-state index is 12.0. The highest BCUT2D eigenvalue weighted by molar-refractivity contribution is 7.89. The molecule has 0 aromatic heterocycles. The molecule has 0 atom stereocenters. The molecule has 0 bridgehead atoms. The van der Waals surface area contributed by atoms with E-state index in [1.54, 1.807) is 6.07 Å². The SMILES string of the molecule is CN(C)S(=O)(=O)c1ccc(OCCN2CCCC2)c(N)c1. The van der Waals surface area contributed by atoms with Gasteiger partial charge >= 0.3 is 0 Å². The summed E-state index contributed by atoms with van der Waals surface area (Å²) in [6, 6.07) is 4.59. The molecule has 6 nitrogen and oxygen atoms in total. The molecule has 0 spiro atoms. The Morgan fingerprint density at radius 2 is 1.95 bits per heavy atom. The first kappa shape index (κ1) is 16.1. The normalized spacial score (nSPS) is 16.5. The Hall–Kier alpha value is -1.31. The number of ether oxygens (including phenoxy) is 1. The number of hydrogen-bond donors (Lipinski definition) is 1. The van der Waals surface area contributed by atoms with E-state index in [-0.39, 0.29) is 4.90 Å². The fraction of sp³-hybridized carbons (Fsp3) is 0.571. The van der Waals surface area contributed by atoms with Crippen LogP contribution in [0.2, 0.25) is 0 Å². The van der Waals surface area contributed by atoms with Gasteiger partial charge in [0.15, 0.2) is 0 Å². The van der Waals surface area contributed by atoms with Gasteiger partial charge in [-0.3, -0.25) is 4.90 Å². The number of hydrogen-bond acceptors (Lipinski definition) is 5. The zero-order chi connectivity index (χ0) is 15.5. The number of sulfonamides is 1. The van der Waals surface area contributed by atoms with Crippen molar-refractivity contribution in [3.05, 3.63) is 18.2 Å². The summed E-state index contributed by atoms with van der Waals surface area (Å²) in [5, 5.41) is 0. The van der Waals surface area contributed by atoms with Crippen molar-refractivity contribution in [1.29, 1.82) is 0 Å². The van der Waals surface area contributed by atoms with Crippen LogP contribution in [0.3, 0.4) is 0 Å². The smallest absolute Gasteiger partial charge is 0.242 e. The molecular formula is C14H23N3O3S. The average molecular weight is 313 g/mol. The molecular weight excluding hydrogens is 290 g/mol. The van der Waals surface area contributed by atoms with Crippen molar-refractivity contribution in [2.75, 3.05) is 46.1 Å². The fourth-order valence-electron chi connectivity index (χ4n) is 2.32. The second kappa shape index (κ2) is 6.64. The van der Waals surface area contributed by atoms with Gasteiger partial charge in [-0.15, -0.1) is 0 Å². The molecule has 1 saturated heterocycles. The minimum Gasteiger partial charge on any atom is -0.490 e. The predicted molar refractivity (Wildman–Crippen MR) is 82.9 cm³/mol. The van der Waals surface area contributed by atoms with Gasteiger partial charge in [-0.05, 0) is 44.1 Å². The van der Waals surface area contributed by atoms with Crippen LogP contribution in [0, 0.1) is 0 Å². The molecule has 7 heteroatoms. The molecule has 1 aromatic rings. The summed E-state index contributed by atoms with van der Waals surface area (Å²) in [5.41, 5.74) is 6.24. The lowest BCUT2D eigenvalue weighted by atomic mass is 10.3. The third-order valence-electron chi connectivity index (χ3n) is 3.62. The lowest BCUT2D eigenvalue weighted by Gasteiger charge is -2.16. The standard InChI is InChI=1S/C14H23N3O3S/c1-16(2)21(18,19)12-5-6-14(13(15)11-12)20-10-9-17-7-3-4-8-17/h5-6,11H,3-4,7-10,15H2,1-2H3. The minimum atomic E-state index is -3.46. The van der Waals surface area contributed by atoms with Gasteiger partial charge in [-0.1, -0.05) is 0 Å². The highest BCUT2D eigenvalue weighted by Crippen LogP contribution is 2.26. The van der Waals surface area contributed by atoms with E-state index in [2.05, 4.69) is 4.90 Å². The Kier molecular flexibility index (Phi) is 5.08. The van der Waals surface area contributed by atoms with Crippen molar-refractivity contribution in [2.24, 2.45) is 0 Å². The van der Waals surface area contributed by atoms with Crippen LogP contribution in [0.5, 0.6) is 5.75 Å². The summed E-state index contributed by atoms with van der Waals surface area (Å²) >= 11 is 0. The van der Waals surface area contributed by atoms with Crippen molar-refractivity contribution < 1.29 is 13.2 Å². The first-order valence-corrected chi connectivity index (χ1v) is 8.52. The van der Waals surface area contributed by atoms with Gasteiger partial charge in [0.25, 0.3) is 0 Å². The van der Waals surface area contributed by atoms with Gasteiger partial charge in [0.2, 0.25) is 10.0 Å². The molecule has 0 aliphatic carbocycles. The first-order chi connectivity index (χ1) is 9.91. The summed E-state index contributed by atoms with van der Waals surface area (Å²) in [5.74, 6) is 0.534. The third-order valence-corrected chi connectivity index (χ3v) is 5.43. The molecule has 1 aromatic carbocycles.